The van der Waals surface area contributed by atoms with E-state index in [9.17, 15) is 26.0 Å². The van der Waals surface area contributed by atoms with Gasteiger partial charge in [-0.1, -0.05) is 12.1 Å². The summed E-state index contributed by atoms with van der Waals surface area (Å²) < 4.78 is 82.1. The minimum Gasteiger partial charge on any atom is -0.327 e. The van der Waals surface area contributed by atoms with Crippen LogP contribution in [0.1, 0.15) is 5.56 Å². The predicted molar refractivity (Wildman–Crippen MR) is 112 cm³/mol. The summed E-state index contributed by atoms with van der Waals surface area (Å²) in [5, 5.41) is 0. The third-order valence-corrected chi connectivity index (χ3v) is 5.85. The summed E-state index contributed by atoms with van der Waals surface area (Å²) in [4.78, 5) is 4.04. The van der Waals surface area contributed by atoms with Crippen molar-refractivity contribution >= 4 is 33.5 Å². The molecule has 0 unspecified atom stereocenters. The molecule has 0 fully saturated rings. The first-order valence-electron chi connectivity index (χ1n) is 8.71. The Labute approximate surface area is 182 Å². The Morgan fingerprint density at radius 2 is 1.97 bits per heavy atom. The number of sulfonamides is 1. The summed E-state index contributed by atoms with van der Waals surface area (Å²) in [7, 11) is -2.57. The molecule has 31 heavy (non-hydrogen) atoms. The van der Waals surface area contributed by atoms with Gasteiger partial charge in [-0.3, -0.25) is 0 Å². The molecule has 0 atom stereocenters. The van der Waals surface area contributed by atoms with Gasteiger partial charge in [0, 0.05) is 12.1 Å². The summed E-state index contributed by atoms with van der Waals surface area (Å²) >= 11 is 0. The molecule has 3 rings (SSSR count). The molecule has 0 aliphatic carbocycles. The molecule has 0 aliphatic rings. The highest BCUT2D eigenvalue weighted by atomic mass is 35.5. The Balaban J connectivity index is 0.00000341. The van der Waals surface area contributed by atoms with Gasteiger partial charge in [0.2, 0.25) is 10.0 Å². The Kier molecular flexibility index (Phi) is 7.48. The number of nitrogens with zero attached hydrogens (tertiary/aromatic N) is 2. The minimum absolute atomic E-state index is 0. The highest BCUT2D eigenvalue weighted by Gasteiger charge is 2.32. The molecule has 0 bridgehead atoms. The number of benzene rings is 2. The topological polar surface area (TPSA) is 90.0 Å². The van der Waals surface area contributed by atoms with Crippen LogP contribution in [0.25, 0.3) is 22.2 Å². The lowest BCUT2D eigenvalue weighted by molar-refractivity contribution is -0.137. The van der Waals surface area contributed by atoms with Crippen molar-refractivity contribution in [2.75, 3.05) is 13.6 Å². The Morgan fingerprint density at radius 3 is 2.58 bits per heavy atom. The Bertz CT molecular complexity index is 1220. The van der Waals surface area contributed by atoms with Crippen LogP contribution in [-0.2, 0) is 22.7 Å². The summed E-state index contributed by atoms with van der Waals surface area (Å²) in [6.45, 7) is -0.382. The van der Waals surface area contributed by atoms with Crippen molar-refractivity contribution in [2.24, 2.45) is 5.73 Å². The summed E-state index contributed by atoms with van der Waals surface area (Å²) in [5.41, 5.74) is 4.85. The number of alkyl halides is 3. The lowest BCUT2D eigenvalue weighted by atomic mass is 10.0. The maximum Gasteiger partial charge on any atom is 0.416 e. The molecule has 0 saturated heterocycles. The fraction of sp³-hybridized carbons (Fsp3) is 0.211. The standard InChI is InChI=1S/C19H18F4N4O2S.ClH/c1-25-30(28,29)15-4-2-3-12(7-15)16-8-13(19(21,22)23)9-17-18(16)26-11-27(17)10-14(20)5-6-24;/h2-5,7-9,11,25H,6,10,24H2,1H3;1H/b14-5-;. The molecule has 12 heteroatoms. The van der Waals surface area contributed by atoms with E-state index in [1.54, 1.807) is 0 Å². The molecule has 0 amide bonds. The van der Waals surface area contributed by atoms with Gasteiger partial charge in [-0.2, -0.15) is 13.2 Å². The normalized spacial score (nSPS) is 12.8. The molecule has 3 N–H and O–H groups in total. The average Bonchev–Trinajstić information content (AvgIpc) is 3.09. The van der Waals surface area contributed by atoms with Crippen molar-refractivity contribution in [1.82, 2.24) is 14.3 Å². The Morgan fingerprint density at radius 1 is 1.26 bits per heavy atom. The van der Waals surface area contributed by atoms with Crippen molar-refractivity contribution in [3.63, 3.8) is 0 Å². The van der Waals surface area contributed by atoms with Crippen molar-refractivity contribution in [2.45, 2.75) is 17.6 Å². The van der Waals surface area contributed by atoms with Crippen LogP contribution in [0, 0.1) is 0 Å². The SMILES string of the molecule is CNS(=O)(=O)c1cccc(-c2cc(C(F)(F)F)cc3c2ncn3C/C(F)=C/CN)c1.Cl. The number of halogens is 5. The number of imidazole rings is 1. The van der Waals surface area contributed by atoms with E-state index < -0.39 is 27.6 Å². The highest BCUT2D eigenvalue weighted by molar-refractivity contribution is 7.89. The van der Waals surface area contributed by atoms with Gasteiger partial charge in [0.1, 0.15) is 5.83 Å². The molecule has 0 saturated carbocycles. The van der Waals surface area contributed by atoms with Gasteiger partial charge in [0.25, 0.3) is 0 Å². The highest BCUT2D eigenvalue weighted by Crippen LogP contribution is 2.37. The zero-order chi connectivity index (χ0) is 22.1. The van der Waals surface area contributed by atoms with Gasteiger partial charge in [-0.05, 0) is 43.0 Å². The number of hydrogen-bond acceptors (Lipinski definition) is 4. The number of nitrogens with one attached hydrogen (secondary N) is 1. The van der Waals surface area contributed by atoms with Crippen LogP contribution in [0.3, 0.4) is 0 Å². The predicted octanol–water partition coefficient (Wildman–Crippen LogP) is 3.86. The monoisotopic (exact) mass is 478 g/mol. The smallest absolute Gasteiger partial charge is 0.327 e. The van der Waals surface area contributed by atoms with E-state index in [1.807, 2.05) is 0 Å². The fourth-order valence-electron chi connectivity index (χ4n) is 2.98. The first-order valence-corrected chi connectivity index (χ1v) is 10.2. The molecule has 168 valence electrons. The van der Waals surface area contributed by atoms with Crippen LogP contribution in [0.5, 0.6) is 0 Å². The number of hydrogen-bond donors (Lipinski definition) is 2. The number of rotatable bonds is 6. The van der Waals surface area contributed by atoms with E-state index in [-0.39, 0.29) is 52.6 Å². The second-order valence-electron chi connectivity index (χ2n) is 6.38. The van der Waals surface area contributed by atoms with Crippen LogP contribution in [0.4, 0.5) is 17.6 Å². The second-order valence-corrected chi connectivity index (χ2v) is 8.27. The van der Waals surface area contributed by atoms with E-state index in [2.05, 4.69) is 9.71 Å². The molecule has 6 nitrogen and oxygen atoms in total. The van der Waals surface area contributed by atoms with Gasteiger partial charge < -0.3 is 10.3 Å². The number of fused-ring (bicyclic) bond motifs is 1. The maximum atomic E-state index is 13.9. The van der Waals surface area contributed by atoms with Crippen molar-refractivity contribution < 1.29 is 26.0 Å². The fourth-order valence-corrected chi connectivity index (χ4v) is 3.75. The average molecular weight is 479 g/mol. The molecule has 0 spiro atoms. The van der Waals surface area contributed by atoms with Crippen LogP contribution in [0.2, 0.25) is 0 Å². The molecule has 0 radical (unpaired) electrons. The molecule has 2 aromatic carbocycles. The van der Waals surface area contributed by atoms with Crippen LogP contribution >= 0.6 is 12.4 Å². The first kappa shape index (κ1) is 24.8. The number of allylic oxidation sites excluding steroid dienone is 1. The van der Waals surface area contributed by atoms with E-state index >= 15 is 0 Å². The Hall–Kier alpha value is -2.47. The third-order valence-electron chi connectivity index (χ3n) is 4.44. The largest absolute Gasteiger partial charge is 0.416 e. The lowest BCUT2D eigenvalue weighted by Crippen LogP contribution is -2.18. The second kappa shape index (κ2) is 9.35. The number of aromatic nitrogens is 2. The van der Waals surface area contributed by atoms with Crippen LogP contribution < -0.4 is 10.5 Å². The van der Waals surface area contributed by atoms with E-state index in [1.165, 1.54) is 42.2 Å². The lowest BCUT2D eigenvalue weighted by Gasteiger charge is -2.12. The van der Waals surface area contributed by atoms with Gasteiger partial charge in [-0.15, -0.1) is 12.4 Å². The first-order chi connectivity index (χ1) is 14.1. The molecule has 0 aliphatic heterocycles. The molecule has 3 aromatic rings. The molecular formula is C19H19ClF4N4O2S. The number of nitrogens with two attached hydrogens (primary N) is 1. The van der Waals surface area contributed by atoms with Crippen molar-refractivity contribution in [3.05, 3.63) is 60.2 Å². The van der Waals surface area contributed by atoms with Crippen molar-refractivity contribution in [3.8, 4) is 11.1 Å². The summed E-state index contributed by atoms with van der Waals surface area (Å²) in [6, 6.07) is 7.27. The van der Waals surface area contributed by atoms with E-state index in [0.29, 0.717) is 0 Å². The maximum absolute atomic E-state index is 13.9. The van der Waals surface area contributed by atoms with Gasteiger partial charge >= 0.3 is 6.18 Å². The van der Waals surface area contributed by atoms with E-state index in [4.69, 9.17) is 5.73 Å². The quantitative estimate of drug-likeness (QED) is 0.526. The van der Waals surface area contributed by atoms with Crippen LogP contribution in [0.15, 0.2) is 59.5 Å². The summed E-state index contributed by atoms with van der Waals surface area (Å²) in [6.07, 6.45) is -2.32. The minimum atomic E-state index is -4.67. The summed E-state index contributed by atoms with van der Waals surface area (Å²) in [5.74, 6) is -0.613. The van der Waals surface area contributed by atoms with Gasteiger partial charge in [-0.25, -0.2) is 22.5 Å². The molecule has 1 aromatic heterocycles. The van der Waals surface area contributed by atoms with Crippen molar-refractivity contribution in [1.29, 1.82) is 0 Å². The zero-order valence-electron chi connectivity index (χ0n) is 16.1. The zero-order valence-corrected chi connectivity index (χ0v) is 17.8. The molecule has 1 heterocycles. The molecular weight excluding hydrogens is 460 g/mol. The van der Waals surface area contributed by atoms with E-state index in [0.717, 1.165) is 18.2 Å². The van der Waals surface area contributed by atoms with Gasteiger partial charge in [0.05, 0.1) is 34.4 Å². The van der Waals surface area contributed by atoms with Gasteiger partial charge in [0.15, 0.2) is 0 Å². The third kappa shape index (κ3) is 5.24. The van der Waals surface area contributed by atoms with Crippen LogP contribution in [-0.4, -0.2) is 31.6 Å².